The molecule has 0 aliphatic heterocycles. The van der Waals surface area contributed by atoms with Gasteiger partial charge in [0.05, 0.1) is 13.6 Å². The van der Waals surface area contributed by atoms with E-state index < -0.39 is 5.69 Å². The molecule has 0 fully saturated rings. The second kappa shape index (κ2) is 9.78. The van der Waals surface area contributed by atoms with E-state index in [0.29, 0.717) is 5.75 Å². The summed E-state index contributed by atoms with van der Waals surface area (Å²) in [5.41, 5.74) is -3.14. The maximum Gasteiger partial charge on any atom is 0.243 e. The molecule has 2 aromatic carbocycles. The Morgan fingerprint density at radius 3 is 2.20 bits per heavy atom. The standard InChI is InChI=1S/C12H11O2PS2.C6H11N2/c13-15(16,14-11-7-3-1-4-8-11)17-12-9-5-2-6-10-12;1-3-8-5-4-7(2)6-8/h1-10H,(H,13,16);4-6H,3H2,1-2H3/q;+1/p-1. The summed E-state index contributed by atoms with van der Waals surface area (Å²) in [7, 11) is 2.02. The molecule has 1 aromatic heterocycles. The van der Waals surface area contributed by atoms with Crippen molar-refractivity contribution in [3.8, 4) is 5.75 Å². The highest BCUT2D eigenvalue weighted by Crippen LogP contribution is 2.55. The van der Waals surface area contributed by atoms with Crippen LogP contribution in [0.2, 0.25) is 0 Å². The van der Waals surface area contributed by atoms with Crippen molar-refractivity contribution in [2.75, 3.05) is 0 Å². The average Bonchev–Trinajstić information content (AvgIpc) is 3.02. The van der Waals surface area contributed by atoms with Crippen molar-refractivity contribution in [2.24, 2.45) is 7.05 Å². The zero-order valence-electron chi connectivity index (χ0n) is 14.2. The SMILES string of the molecule is CCn1cc[n+](C)c1.[O-]P(=S)(Oc1ccccc1)Sc1ccccc1. The number of aromatic nitrogens is 2. The third kappa shape index (κ3) is 7.45. The summed E-state index contributed by atoms with van der Waals surface area (Å²) in [6.45, 7) is 3.18. The molecule has 4 nitrogen and oxygen atoms in total. The first kappa shape index (κ1) is 19.7. The zero-order valence-corrected chi connectivity index (χ0v) is 16.7. The van der Waals surface area contributed by atoms with E-state index >= 15 is 0 Å². The third-order valence-electron chi connectivity index (χ3n) is 3.11. The van der Waals surface area contributed by atoms with Gasteiger partial charge in [-0.15, -0.1) is 0 Å². The van der Waals surface area contributed by atoms with Gasteiger partial charge in [-0.2, -0.15) is 0 Å². The minimum Gasteiger partial charge on any atom is -0.783 e. The van der Waals surface area contributed by atoms with Gasteiger partial charge in [0.1, 0.15) is 23.8 Å². The summed E-state index contributed by atoms with van der Waals surface area (Å²) in [5.74, 6) is 0.536. The summed E-state index contributed by atoms with van der Waals surface area (Å²) in [5, 5.41) is 0. The van der Waals surface area contributed by atoms with Crippen LogP contribution in [0.4, 0.5) is 0 Å². The lowest BCUT2D eigenvalue weighted by Gasteiger charge is -2.27. The number of para-hydroxylation sites is 1. The molecule has 1 heterocycles. The molecule has 3 aromatic rings. The normalized spacial score (nSPS) is 12.6. The predicted molar refractivity (Wildman–Crippen MR) is 105 cm³/mol. The van der Waals surface area contributed by atoms with Crippen molar-refractivity contribution in [1.82, 2.24) is 4.57 Å². The molecule has 0 aliphatic carbocycles. The number of hydrogen-bond donors (Lipinski definition) is 0. The van der Waals surface area contributed by atoms with E-state index in [2.05, 4.69) is 24.0 Å². The summed E-state index contributed by atoms with van der Waals surface area (Å²) in [6, 6.07) is 18.4. The summed E-state index contributed by atoms with van der Waals surface area (Å²) in [6.07, 6.45) is 6.14. The Morgan fingerprint density at radius 1 is 1.12 bits per heavy atom. The van der Waals surface area contributed by atoms with E-state index in [1.54, 1.807) is 12.1 Å². The Kier molecular flexibility index (Phi) is 7.72. The molecule has 0 saturated heterocycles. The average molecular weight is 392 g/mol. The fourth-order valence-electron chi connectivity index (χ4n) is 1.93. The van der Waals surface area contributed by atoms with Gasteiger partial charge in [-0.3, -0.25) is 0 Å². The smallest absolute Gasteiger partial charge is 0.243 e. The molecule has 0 N–H and O–H groups in total. The number of hydrogen-bond acceptors (Lipinski definition) is 4. The Morgan fingerprint density at radius 2 is 1.72 bits per heavy atom. The molecule has 7 heteroatoms. The summed E-state index contributed by atoms with van der Waals surface area (Å²) in [4.78, 5) is 13.0. The van der Waals surface area contributed by atoms with Crippen LogP contribution in [0.15, 0.2) is 84.3 Å². The first-order valence-electron chi connectivity index (χ1n) is 7.80. The third-order valence-corrected chi connectivity index (χ3v) is 6.67. The fraction of sp³-hybridized carbons (Fsp3) is 0.167. The molecular weight excluding hydrogens is 371 g/mol. The molecule has 0 bridgehead atoms. The van der Waals surface area contributed by atoms with Crippen molar-refractivity contribution in [1.29, 1.82) is 0 Å². The highest BCUT2D eigenvalue weighted by Gasteiger charge is 2.07. The van der Waals surface area contributed by atoms with Crippen LogP contribution >= 0.6 is 17.1 Å². The van der Waals surface area contributed by atoms with E-state index in [0.717, 1.165) is 22.8 Å². The Labute approximate surface area is 158 Å². The fourth-order valence-corrected chi connectivity index (χ4v) is 5.43. The number of imidazole rings is 1. The van der Waals surface area contributed by atoms with E-state index in [1.807, 2.05) is 66.3 Å². The number of rotatable bonds is 5. The molecule has 0 spiro atoms. The van der Waals surface area contributed by atoms with Gasteiger partial charge in [0.25, 0.3) is 0 Å². The molecule has 0 amide bonds. The lowest BCUT2D eigenvalue weighted by atomic mass is 10.3. The molecule has 132 valence electrons. The van der Waals surface area contributed by atoms with Gasteiger partial charge in [0.15, 0.2) is 0 Å². The second-order valence-electron chi connectivity index (χ2n) is 5.17. The first-order valence-corrected chi connectivity index (χ1v) is 11.9. The minimum absolute atomic E-state index is 0.536. The Hall–Kier alpha value is -1.59. The van der Waals surface area contributed by atoms with Crippen LogP contribution in [-0.4, -0.2) is 4.57 Å². The Balaban J connectivity index is 0.000000236. The quantitative estimate of drug-likeness (QED) is 0.490. The Bertz CT molecular complexity index is 765. The lowest BCUT2D eigenvalue weighted by molar-refractivity contribution is -0.671. The van der Waals surface area contributed by atoms with Crippen molar-refractivity contribution < 1.29 is 14.0 Å². The number of aryl methyl sites for hydroxylation is 2. The molecule has 3 rings (SSSR count). The van der Waals surface area contributed by atoms with Gasteiger partial charge < -0.3 is 9.42 Å². The molecule has 0 radical (unpaired) electrons. The van der Waals surface area contributed by atoms with Crippen molar-refractivity contribution in [3.63, 3.8) is 0 Å². The topological polar surface area (TPSA) is 41.1 Å². The number of nitrogens with zero attached hydrogens (tertiary/aromatic N) is 2. The van der Waals surface area contributed by atoms with Crippen LogP contribution in [0, 0.1) is 0 Å². The van der Waals surface area contributed by atoms with Crippen LogP contribution < -0.4 is 14.0 Å². The molecule has 1 unspecified atom stereocenters. The molecule has 0 saturated carbocycles. The van der Waals surface area contributed by atoms with Crippen LogP contribution in [0.1, 0.15) is 6.92 Å². The van der Waals surface area contributed by atoms with Gasteiger partial charge in [0, 0.05) is 4.90 Å². The summed E-state index contributed by atoms with van der Waals surface area (Å²) < 4.78 is 9.50. The van der Waals surface area contributed by atoms with Gasteiger partial charge in [-0.25, -0.2) is 9.13 Å². The number of benzene rings is 2. The maximum atomic E-state index is 12.1. The lowest BCUT2D eigenvalue weighted by Crippen LogP contribution is -2.23. The van der Waals surface area contributed by atoms with E-state index in [1.165, 1.54) is 0 Å². The van der Waals surface area contributed by atoms with Crippen LogP contribution in [-0.2, 0) is 25.4 Å². The second-order valence-corrected chi connectivity index (χ2v) is 11.0. The van der Waals surface area contributed by atoms with Gasteiger partial charge >= 0.3 is 0 Å². The van der Waals surface area contributed by atoms with Crippen molar-refractivity contribution in [3.05, 3.63) is 79.4 Å². The van der Waals surface area contributed by atoms with E-state index in [-0.39, 0.29) is 0 Å². The molecule has 25 heavy (non-hydrogen) atoms. The molecular formula is C18H21N2O2PS2. The van der Waals surface area contributed by atoms with Gasteiger partial charge in [-0.1, -0.05) is 59.6 Å². The van der Waals surface area contributed by atoms with Crippen LogP contribution in [0.5, 0.6) is 5.75 Å². The maximum absolute atomic E-state index is 12.1. The highest BCUT2D eigenvalue weighted by molar-refractivity contribution is 8.67. The summed E-state index contributed by atoms with van der Waals surface area (Å²) >= 11 is 6.09. The van der Waals surface area contributed by atoms with Crippen LogP contribution in [0.3, 0.4) is 0 Å². The van der Waals surface area contributed by atoms with Gasteiger partial charge in [0.2, 0.25) is 6.33 Å². The van der Waals surface area contributed by atoms with Crippen molar-refractivity contribution >= 4 is 28.9 Å². The van der Waals surface area contributed by atoms with Gasteiger partial charge in [-0.05, 0) is 31.2 Å². The minimum atomic E-state index is -3.14. The van der Waals surface area contributed by atoms with Crippen LogP contribution in [0.25, 0.3) is 0 Å². The molecule has 0 aliphatic rings. The van der Waals surface area contributed by atoms with E-state index in [4.69, 9.17) is 16.3 Å². The first-order chi connectivity index (χ1) is 12.0. The van der Waals surface area contributed by atoms with Crippen molar-refractivity contribution in [2.45, 2.75) is 18.4 Å². The largest absolute Gasteiger partial charge is 0.783 e. The molecule has 1 atom stereocenters. The highest BCUT2D eigenvalue weighted by atomic mass is 32.9. The zero-order chi connectivity index (χ0) is 18.1. The monoisotopic (exact) mass is 392 g/mol. The van der Waals surface area contributed by atoms with E-state index in [9.17, 15) is 4.89 Å². The predicted octanol–water partition coefficient (Wildman–Crippen LogP) is 3.78.